The Morgan fingerprint density at radius 1 is 0.120 bits per heavy atom. The molecule has 27 rings (SSSR count). The third-order valence-corrected chi connectivity index (χ3v) is 31.5. The van der Waals surface area contributed by atoms with Crippen LogP contribution in [0.1, 0.15) is 289 Å². The van der Waals surface area contributed by atoms with Crippen molar-refractivity contribution in [2.75, 3.05) is 0 Å². The Hall–Kier alpha value is 0. The Morgan fingerprint density at radius 3 is 0.587 bits per heavy atom. The molecule has 27 fully saturated rings. The highest BCUT2D eigenvalue weighted by Crippen LogP contribution is 2.82. The van der Waals surface area contributed by atoms with Crippen LogP contribution in [-0.4, -0.2) is 0 Å². The van der Waals surface area contributed by atoms with Crippen LogP contribution in [0.5, 0.6) is 0 Å². The van der Waals surface area contributed by atoms with E-state index in [1.165, 1.54) is 199 Å². The van der Waals surface area contributed by atoms with E-state index in [0.29, 0.717) is 0 Å². The molecule has 18 bridgehead atoms. The van der Waals surface area contributed by atoms with Gasteiger partial charge in [-0.15, -0.1) is 0 Å². The van der Waals surface area contributed by atoms with Gasteiger partial charge < -0.3 is 0 Å². The van der Waals surface area contributed by atoms with E-state index >= 15 is 0 Å². The van der Waals surface area contributed by atoms with Crippen LogP contribution in [0.4, 0.5) is 0 Å². The SMILES string of the molecule is C1CC2C3C(C1)C23.C1CC2C3C1C23.C1CC2C3CCC(C3)C2C1.C1CC2CC1C1C3CCC(C3)C21.C1CC2CC1C1CC21.C1CC2CC1C1CCC21.C1CC2CCCC(C1)CCC2.C1CCC2CCCC(C1)CCC2. The lowest BCUT2D eigenvalue weighted by atomic mass is 9.66. The Morgan fingerprint density at radius 2 is 0.333 bits per heavy atom. The lowest BCUT2D eigenvalue weighted by Gasteiger charge is -2.40. The third kappa shape index (κ3) is 10.2. The second-order valence-electron chi connectivity index (χ2n) is 34.4. The lowest BCUT2D eigenvalue weighted by Crippen LogP contribution is -2.31. The first-order valence-corrected chi connectivity index (χ1v) is 37.1. The number of rotatable bonds is 0. The summed E-state index contributed by atoms with van der Waals surface area (Å²) in [4.78, 5) is 0. The Kier molecular flexibility index (Phi) is 14.6. The van der Waals surface area contributed by atoms with Gasteiger partial charge in [0.05, 0.1) is 0 Å². The first kappa shape index (κ1) is 50.7. The van der Waals surface area contributed by atoms with Gasteiger partial charge in [0.2, 0.25) is 0 Å². The normalized spacial score (nSPS) is 57.6. The molecule has 75 heavy (non-hydrogen) atoms. The van der Waals surface area contributed by atoms with Gasteiger partial charge >= 0.3 is 0 Å². The van der Waals surface area contributed by atoms with E-state index in [1.807, 2.05) is 0 Å². The van der Waals surface area contributed by atoms with E-state index < -0.39 is 0 Å². The summed E-state index contributed by atoms with van der Waals surface area (Å²) in [6.07, 6.45) is 70.9. The second kappa shape index (κ2) is 21.6. The van der Waals surface area contributed by atoms with Crippen molar-refractivity contribution in [3.63, 3.8) is 0 Å². The van der Waals surface area contributed by atoms with E-state index in [-0.39, 0.29) is 0 Å². The van der Waals surface area contributed by atoms with Gasteiger partial charge in [0.25, 0.3) is 0 Å². The minimum atomic E-state index is 1.11. The van der Waals surface area contributed by atoms with Crippen LogP contribution >= 0.6 is 0 Å². The molecule has 0 saturated heterocycles. The van der Waals surface area contributed by atoms with Crippen molar-refractivity contribution in [3.05, 3.63) is 0 Å². The predicted octanol–water partition coefficient (Wildman–Crippen LogP) is 21.2. The summed E-state index contributed by atoms with van der Waals surface area (Å²) in [5.74, 6) is 36.6. The van der Waals surface area contributed by atoms with Gasteiger partial charge in [0.15, 0.2) is 0 Å². The van der Waals surface area contributed by atoms with Crippen LogP contribution in [0, 0.1) is 178 Å². The van der Waals surface area contributed by atoms with E-state index in [1.54, 1.807) is 244 Å². The maximum absolute atomic E-state index is 1.64. The summed E-state index contributed by atoms with van der Waals surface area (Å²) in [5, 5.41) is 0. The highest BCUT2D eigenvalue weighted by Gasteiger charge is 2.76. The molecule has 16 atom stereocenters. The van der Waals surface area contributed by atoms with Crippen LogP contribution in [-0.2, 0) is 0 Å². The predicted molar refractivity (Wildman–Crippen MR) is 312 cm³/mol. The van der Waals surface area contributed by atoms with Crippen molar-refractivity contribution in [1.82, 2.24) is 0 Å². The van der Waals surface area contributed by atoms with Gasteiger partial charge in [0, 0.05) is 0 Å². The van der Waals surface area contributed by atoms with Gasteiger partial charge in [-0.1, -0.05) is 135 Å². The summed E-state index contributed by atoms with van der Waals surface area (Å²) in [6, 6.07) is 0. The van der Waals surface area contributed by atoms with E-state index in [0.717, 1.165) is 23.7 Å². The van der Waals surface area contributed by atoms with Gasteiger partial charge in [-0.05, 0) is 332 Å². The number of hydrogen-bond acceptors (Lipinski definition) is 0. The van der Waals surface area contributed by atoms with Crippen molar-refractivity contribution in [2.24, 2.45) is 178 Å². The molecule has 0 radical (unpaired) electrons. The lowest BCUT2D eigenvalue weighted by molar-refractivity contribution is 0.103. The third-order valence-electron chi connectivity index (χ3n) is 31.5. The molecule has 0 heterocycles. The molecule has 0 heteroatoms. The van der Waals surface area contributed by atoms with Crippen molar-refractivity contribution in [2.45, 2.75) is 289 Å². The van der Waals surface area contributed by atoms with Crippen LogP contribution in [0.25, 0.3) is 0 Å². The molecule has 27 aliphatic rings. The average molecular weight is 1020 g/mol. The molecule has 0 aromatic carbocycles. The molecule has 0 amide bonds. The molecule has 27 aliphatic carbocycles. The van der Waals surface area contributed by atoms with Gasteiger partial charge in [-0.3, -0.25) is 0 Å². The second-order valence-corrected chi connectivity index (χ2v) is 34.4. The Labute approximate surface area is 464 Å². The topological polar surface area (TPSA) is 0 Å². The molecule has 0 nitrogen and oxygen atoms in total. The minimum absolute atomic E-state index is 1.11. The number of fused-ring (bicyclic) bond motifs is 40. The largest absolute Gasteiger partial charge is 0.0530 e. The highest BCUT2D eigenvalue weighted by atomic mass is 14.8. The summed E-state index contributed by atoms with van der Waals surface area (Å²) in [7, 11) is 0. The fraction of sp³-hybridized carbons (Fsp3) is 1.00. The molecular formula is C75H120. The van der Waals surface area contributed by atoms with Gasteiger partial charge in [-0.25, -0.2) is 0 Å². The molecule has 0 aliphatic heterocycles. The monoisotopic (exact) mass is 1020 g/mol. The average Bonchev–Trinajstić information content (AvgIpc) is 4.27. The summed E-state index contributed by atoms with van der Waals surface area (Å²) >= 11 is 0. The van der Waals surface area contributed by atoms with E-state index in [2.05, 4.69) is 0 Å². The maximum Gasteiger partial charge on any atom is -0.0318 e. The van der Waals surface area contributed by atoms with Crippen LogP contribution in [0.3, 0.4) is 0 Å². The van der Waals surface area contributed by atoms with Crippen LogP contribution < -0.4 is 0 Å². The maximum atomic E-state index is 1.64. The van der Waals surface area contributed by atoms with Crippen molar-refractivity contribution in [3.8, 4) is 0 Å². The molecule has 0 spiro atoms. The summed E-state index contributed by atoms with van der Waals surface area (Å²) < 4.78 is 0. The summed E-state index contributed by atoms with van der Waals surface area (Å²) in [6.45, 7) is 0. The zero-order chi connectivity index (χ0) is 49.1. The zero-order valence-electron chi connectivity index (χ0n) is 49.1. The zero-order valence-corrected chi connectivity index (χ0v) is 49.1. The fourth-order valence-electron chi connectivity index (χ4n) is 27.5. The molecule has 420 valence electrons. The van der Waals surface area contributed by atoms with Crippen LogP contribution in [0.2, 0.25) is 0 Å². The Bertz CT molecular complexity index is 1680. The molecule has 27 saturated carbocycles. The molecule has 0 aromatic heterocycles. The fourth-order valence-corrected chi connectivity index (χ4v) is 27.5. The molecular weight excluding hydrogens is 901 g/mol. The first-order chi connectivity index (χ1) is 37.1. The van der Waals surface area contributed by atoms with Crippen molar-refractivity contribution in [1.29, 1.82) is 0 Å². The Balaban J connectivity index is 0.0000000731. The minimum Gasteiger partial charge on any atom is -0.0530 e. The summed E-state index contributed by atoms with van der Waals surface area (Å²) in [5.41, 5.74) is 0. The van der Waals surface area contributed by atoms with E-state index in [9.17, 15) is 0 Å². The number of hydrogen-bond donors (Lipinski definition) is 0. The van der Waals surface area contributed by atoms with Gasteiger partial charge in [-0.2, -0.15) is 0 Å². The quantitative estimate of drug-likeness (QED) is 0.212. The van der Waals surface area contributed by atoms with Crippen molar-refractivity contribution < 1.29 is 0 Å². The van der Waals surface area contributed by atoms with E-state index in [4.69, 9.17) is 0 Å². The van der Waals surface area contributed by atoms with Crippen molar-refractivity contribution >= 4 is 0 Å². The smallest absolute Gasteiger partial charge is 0.0318 e. The highest BCUT2D eigenvalue weighted by molar-refractivity contribution is 5.24. The van der Waals surface area contributed by atoms with Crippen LogP contribution in [0.15, 0.2) is 0 Å². The molecule has 0 N–H and O–H groups in total. The first-order valence-electron chi connectivity index (χ1n) is 37.1. The van der Waals surface area contributed by atoms with Gasteiger partial charge in [0.1, 0.15) is 0 Å². The molecule has 0 aromatic rings. The standard InChI is InChI=1S/C12H18.C12H22.C11H20.C10H16.C9H14.C8H12.C7H10.C6H8/c1-2-8-5-7(1)11-9-3-4-10(6-9)12(8)11;1-2-6-12-9-3-7-11(5-1)8-4-10-12;1-4-10-6-2-7-11(5-1)9-3-8-10;1-2-9-7-4-5-8(6-7)10(9)3-1;1-2-7-5-6(1)8-3-4-9(7)8;1-2-6-3-5(1)7-4-8(6)7;1-2-4-6-5(3-1)7(4)6;1-2-4-5-3(1)6(4)5/h7-12H,1-6H2;11-12H,1-10H2;10-11H,1-9H2;7-10H,1-6H2;6-9H,1-5H2;5-8H,1-4H2;4-7H,1-3H2;3-6H,1-2H2. The molecule has 16 unspecified atom stereocenters.